The molecule has 0 atom stereocenters. The van der Waals surface area contributed by atoms with Crippen LogP contribution in [0.1, 0.15) is 30.4 Å². The molecule has 3 N–H and O–H groups in total. The van der Waals surface area contributed by atoms with E-state index in [1.54, 1.807) is 25.1 Å². The summed E-state index contributed by atoms with van der Waals surface area (Å²) in [5.41, 5.74) is 11.8. The number of nitrogens with one attached hydrogen (secondary N) is 1. The van der Waals surface area contributed by atoms with Crippen LogP contribution in [0, 0.1) is 13.8 Å². The van der Waals surface area contributed by atoms with Gasteiger partial charge in [-0.05, 0) is 96.9 Å². The zero-order valence-electron chi connectivity index (χ0n) is 23.2. The third-order valence-electron chi connectivity index (χ3n) is 6.66. The fourth-order valence-electron chi connectivity index (χ4n) is 4.46. The summed E-state index contributed by atoms with van der Waals surface area (Å²) < 4.78 is 65.4. The van der Waals surface area contributed by atoms with E-state index in [9.17, 15) is 31.3 Å². The van der Waals surface area contributed by atoms with E-state index in [1.165, 1.54) is 24.3 Å². The number of unbranched alkanes of at least 4 members (excludes halogenated alkanes) is 1. The first kappa shape index (κ1) is 31.3. The SMILES string of the molecule is Cc1cc(-c2ccc(OS(=O)(=O)c3cc(S(=O)(=O)O)cc4c(O)cccc34)c(C)c2)ccc1NC(=O)CCCCN=[N+]=[N-]. The molecule has 224 valence electrons. The van der Waals surface area contributed by atoms with Crippen LogP contribution in [0.25, 0.3) is 32.3 Å². The molecule has 14 heteroatoms. The predicted octanol–water partition coefficient (Wildman–Crippen LogP) is 6.26. The van der Waals surface area contributed by atoms with Gasteiger partial charge in [0.15, 0.2) is 0 Å². The molecule has 0 aromatic heterocycles. The molecule has 4 rings (SSSR count). The maximum absolute atomic E-state index is 13.4. The normalized spacial score (nSPS) is 11.6. The lowest BCUT2D eigenvalue weighted by molar-refractivity contribution is -0.116. The van der Waals surface area contributed by atoms with Crippen LogP contribution in [-0.4, -0.2) is 38.9 Å². The van der Waals surface area contributed by atoms with Gasteiger partial charge in [0.1, 0.15) is 16.4 Å². The number of carbonyl (C=O) groups excluding carboxylic acids is 1. The molecule has 12 nitrogen and oxygen atoms in total. The highest BCUT2D eigenvalue weighted by Crippen LogP contribution is 2.35. The Kier molecular flexibility index (Phi) is 9.26. The summed E-state index contributed by atoms with van der Waals surface area (Å²) >= 11 is 0. The first-order valence-electron chi connectivity index (χ1n) is 13.0. The summed E-state index contributed by atoms with van der Waals surface area (Å²) in [4.78, 5) is 13.7. The van der Waals surface area contributed by atoms with E-state index in [4.69, 9.17) is 9.71 Å². The number of amides is 1. The minimum absolute atomic E-state index is 0.00428. The minimum atomic E-state index is -4.80. The van der Waals surface area contributed by atoms with Crippen LogP contribution in [0.5, 0.6) is 11.5 Å². The molecule has 0 aliphatic heterocycles. The van der Waals surface area contributed by atoms with E-state index in [-0.39, 0.29) is 28.2 Å². The van der Waals surface area contributed by atoms with Gasteiger partial charge in [-0.1, -0.05) is 29.4 Å². The molecule has 0 radical (unpaired) electrons. The number of phenols is 1. The number of anilines is 1. The van der Waals surface area contributed by atoms with Gasteiger partial charge >= 0.3 is 10.1 Å². The third-order valence-corrected chi connectivity index (χ3v) is 8.77. The summed E-state index contributed by atoms with van der Waals surface area (Å²) in [6.45, 7) is 3.84. The zero-order chi connectivity index (χ0) is 31.4. The first-order valence-corrected chi connectivity index (χ1v) is 15.8. The van der Waals surface area contributed by atoms with Crippen molar-refractivity contribution < 1.29 is 35.5 Å². The van der Waals surface area contributed by atoms with Crippen molar-refractivity contribution in [3.8, 4) is 22.6 Å². The zero-order valence-corrected chi connectivity index (χ0v) is 24.8. The van der Waals surface area contributed by atoms with E-state index < -0.39 is 30.0 Å². The molecular weight excluding hydrogens is 596 g/mol. The fourth-order valence-corrected chi connectivity index (χ4v) is 6.30. The third kappa shape index (κ3) is 7.43. The first-order chi connectivity index (χ1) is 20.3. The lowest BCUT2D eigenvalue weighted by Gasteiger charge is -2.14. The Labute approximate surface area is 248 Å². The highest BCUT2D eigenvalue weighted by molar-refractivity contribution is 7.87. The van der Waals surface area contributed by atoms with Crippen molar-refractivity contribution in [3.05, 3.63) is 88.3 Å². The van der Waals surface area contributed by atoms with Crippen LogP contribution < -0.4 is 9.50 Å². The van der Waals surface area contributed by atoms with E-state index >= 15 is 0 Å². The number of aromatic hydroxyl groups is 1. The number of rotatable bonds is 11. The van der Waals surface area contributed by atoms with Crippen molar-refractivity contribution in [3.63, 3.8) is 0 Å². The molecule has 0 aliphatic carbocycles. The van der Waals surface area contributed by atoms with Crippen LogP contribution >= 0.6 is 0 Å². The van der Waals surface area contributed by atoms with Gasteiger partial charge in [-0.25, -0.2) is 0 Å². The number of azide groups is 1. The Hall–Kier alpha value is -4.62. The molecule has 0 bridgehead atoms. The number of hydrogen-bond acceptors (Lipinski definition) is 8. The summed E-state index contributed by atoms with van der Waals surface area (Å²) in [5.74, 6) is -0.529. The van der Waals surface area contributed by atoms with Gasteiger partial charge in [0.25, 0.3) is 10.1 Å². The van der Waals surface area contributed by atoms with Gasteiger partial charge in [-0.2, -0.15) is 16.8 Å². The Balaban J connectivity index is 1.56. The maximum atomic E-state index is 13.4. The lowest BCUT2D eigenvalue weighted by atomic mass is 10.0. The van der Waals surface area contributed by atoms with E-state index in [1.807, 2.05) is 19.1 Å². The van der Waals surface area contributed by atoms with Crippen molar-refractivity contribution >= 4 is 42.6 Å². The average molecular weight is 625 g/mol. The quantitative estimate of drug-likeness (QED) is 0.0434. The lowest BCUT2D eigenvalue weighted by Crippen LogP contribution is -2.12. The summed E-state index contributed by atoms with van der Waals surface area (Å²) in [6.07, 6.45) is 1.51. The molecule has 0 unspecified atom stereocenters. The largest absolute Gasteiger partial charge is 0.507 e. The second-order valence-corrected chi connectivity index (χ2v) is 12.7. The molecule has 0 fully saturated rings. The fraction of sp³-hybridized carbons (Fsp3) is 0.207. The molecule has 0 saturated heterocycles. The Morgan fingerprint density at radius 2 is 1.63 bits per heavy atom. The van der Waals surface area contributed by atoms with Gasteiger partial charge in [-0.3, -0.25) is 9.35 Å². The number of aryl methyl sites for hydroxylation is 2. The molecule has 0 spiro atoms. The molecule has 4 aromatic carbocycles. The molecular formula is C29H28N4O8S2. The number of benzene rings is 4. The topological polar surface area (TPSA) is 196 Å². The maximum Gasteiger partial charge on any atom is 0.339 e. The Morgan fingerprint density at radius 3 is 2.28 bits per heavy atom. The van der Waals surface area contributed by atoms with Gasteiger partial charge in [0.05, 0.1) is 4.90 Å². The molecule has 43 heavy (non-hydrogen) atoms. The second-order valence-electron chi connectivity index (χ2n) is 9.78. The molecule has 0 aliphatic rings. The number of hydrogen-bond donors (Lipinski definition) is 3. The van der Waals surface area contributed by atoms with Crippen LogP contribution in [0.2, 0.25) is 0 Å². The van der Waals surface area contributed by atoms with Gasteiger partial charge in [0, 0.05) is 34.3 Å². The number of fused-ring (bicyclic) bond motifs is 1. The van der Waals surface area contributed by atoms with Crippen LogP contribution in [0.3, 0.4) is 0 Å². The van der Waals surface area contributed by atoms with Crippen molar-refractivity contribution in [2.75, 3.05) is 11.9 Å². The average Bonchev–Trinajstić information content (AvgIpc) is 2.94. The molecule has 0 saturated carbocycles. The summed E-state index contributed by atoms with van der Waals surface area (Å²) in [7, 11) is -9.42. The van der Waals surface area contributed by atoms with Gasteiger partial charge in [-0.15, -0.1) is 0 Å². The molecule has 4 aromatic rings. The van der Waals surface area contributed by atoms with Crippen molar-refractivity contribution in [1.82, 2.24) is 0 Å². The standard InChI is InChI=1S/C29H28N4O8S2/c1-18-14-20(9-11-25(18)32-29(35)8-3-4-13-31-33-30)21-10-12-27(19(2)15-21)41-43(39,40)28-17-22(42(36,37)38)16-24-23(28)6-5-7-26(24)34/h5-7,9-12,14-17,34H,3-4,8,13H2,1-2H3,(H,32,35)(H,36,37,38). The number of nitrogens with zero attached hydrogens (tertiary/aromatic N) is 3. The van der Waals surface area contributed by atoms with Crippen LogP contribution in [-0.2, 0) is 25.0 Å². The van der Waals surface area contributed by atoms with E-state index in [0.717, 1.165) is 28.8 Å². The van der Waals surface area contributed by atoms with Crippen LogP contribution in [0.4, 0.5) is 5.69 Å². The smallest absolute Gasteiger partial charge is 0.339 e. The van der Waals surface area contributed by atoms with Crippen molar-refractivity contribution in [2.45, 2.75) is 42.9 Å². The Bertz CT molecular complexity index is 1990. The highest BCUT2D eigenvalue weighted by Gasteiger charge is 2.25. The van der Waals surface area contributed by atoms with Crippen LogP contribution in [0.15, 0.2) is 81.6 Å². The van der Waals surface area contributed by atoms with Gasteiger partial charge in [0.2, 0.25) is 5.91 Å². The Morgan fingerprint density at radius 1 is 0.930 bits per heavy atom. The minimum Gasteiger partial charge on any atom is -0.507 e. The van der Waals surface area contributed by atoms with Crippen molar-refractivity contribution in [2.24, 2.45) is 5.11 Å². The summed E-state index contributed by atoms with van der Waals surface area (Å²) in [6, 6.07) is 16.1. The molecule has 1 amide bonds. The van der Waals surface area contributed by atoms with E-state index in [0.29, 0.717) is 37.1 Å². The number of carbonyl (C=O) groups is 1. The molecule has 0 heterocycles. The predicted molar refractivity (Wildman–Crippen MR) is 161 cm³/mol. The highest BCUT2D eigenvalue weighted by atomic mass is 32.2. The van der Waals surface area contributed by atoms with Crippen molar-refractivity contribution in [1.29, 1.82) is 0 Å². The van der Waals surface area contributed by atoms with E-state index in [2.05, 4.69) is 15.3 Å². The number of phenolic OH excluding ortho intramolecular Hbond substituents is 1. The summed E-state index contributed by atoms with van der Waals surface area (Å²) in [5, 5.41) is 16.5. The second kappa shape index (κ2) is 12.7. The monoisotopic (exact) mass is 624 g/mol. The van der Waals surface area contributed by atoms with Gasteiger partial charge < -0.3 is 14.6 Å².